The van der Waals surface area contributed by atoms with E-state index in [1.807, 2.05) is 6.92 Å². The molecule has 1 unspecified atom stereocenters. The van der Waals surface area contributed by atoms with Crippen molar-refractivity contribution < 1.29 is 9.59 Å². The zero-order valence-electron chi connectivity index (χ0n) is 9.46. The molecule has 2 aliphatic rings. The highest BCUT2D eigenvalue weighted by molar-refractivity contribution is 9.09. The molecule has 0 radical (unpaired) electrons. The van der Waals surface area contributed by atoms with Crippen LogP contribution in [-0.2, 0) is 4.79 Å². The Morgan fingerprint density at radius 1 is 1.50 bits per heavy atom. The summed E-state index contributed by atoms with van der Waals surface area (Å²) in [6, 6.07) is -0.501. The lowest BCUT2D eigenvalue weighted by atomic mass is 10.1. The smallest absolute Gasteiger partial charge is 0.324 e. The number of nitrogens with zero attached hydrogens (tertiary/aromatic N) is 1. The fourth-order valence-corrected chi connectivity index (χ4v) is 2.80. The number of carbonyl (C=O) groups is 2. The molecule has 0 bridgehead atoms. The van der Waals surface area contributed by atoms with Crippen LogP contribution in [0, 0.1) is 5.41 Å². The molecule has 0 aromatic rings. The highest BCUT2D eigenvalue weighted by Crippen LogP contribution is 2.48. The van der Waals surface area contributed by atoms with E-state index in [9.17, 15) is 9.59 Å². The molecule has 5 heteroatoms. The molecule has 1 N–H and O–H groups in total. The van der Waals surface area contributed by atoms with Gasteiger partial charge in [0, 0.05) is 11.9 Å². The van der Waals surface area contributed by atoms with Gasteiger partial charge < -0.3 is 5.32 Å². The van der Waals surface area contributed by atoms with Crippen LogP contribution in [0.5, 0.6) is 0 Å². The number of halogens is 1. The van der Waals surface area contributed by atoms with E-state index in [0.29, 0.717) is 6.54 Å². The molecule has 1 heterocycles. The highest BCUT2D eigenvalue weighted by Gasteiger charge is 2.48. The Balaban J connectivity index is 1.99. The minimum absolute atomic E-state index is 0.0425. The largest absolute Gasteiger partial charge is 0.326 e. The molecular formula is C11H17BrN2O2. The average Bonchev–Trinajstić information content (AvgIpc) is 2.99. The normalized spacial score (nSPS) is 27.1. The van der Waals surface area contributed by atoms with Crippen molar-refractivity contribution in [2.24, 2.45) is 5.41 Å². The maximum atomic E-state index is 12.0. The van der Waals surface area contributed by atoms with Crippen LogP contribution in [0.2, 0.25) is 0 Å². The summed E-state index contributed by atoms with van der Waals surface area (Å²) in [5.74, 6) is -0.0425. The summed E-state index contributed by atoms with van der Waals surface area (Å²) in [6.45, 7) is 2.59. The summed E-state index contributed by atoms with van der Waals surface area (Å²) in [6.07, 6.45) is 3.86. The van der Waals surface area contributed by atoms with E-state index in [-0.39, 0.29) is 23.4 Å². The number of nitrogens with one attached hydrogen (secondary N) is 1. The average molecular weight is 289 g/mol. The van der Waals surface area contributed by atoms with Crippen LogP contribution in [0.15, 0.2) is 0 Å². The van der Waals surface area contributed by atoms with Crippen molar-refractivity contribution in [3.8, 4) is 0 Å². The van der Waals surface area contributed by atoms with E-state index < -0.39 is 0 Å². The van der Waals surface area contributed by atoms with Crippen LogP contribution in [0.1, 0.15) is 32.6 Å². The quantitative estimate of drug-likeness (QED) is 0.620. The second kappa shape index (κ2) is 4.35. The molecule has 0 aromatic carbocycles. The minimum Gasteiger partial charge on any atom is -0.326 e. The zero-order chi connectivity index (χ0) is 11.8. The molecule has 1 aliphatic carbocycles. The molecule has 4 nitrogen and oxygen atoms in total. The van der Waals surface area contributed by atoms with Crippen molar-refractivity contribution in [1.29, 1.82) is 0 Å². The van der Waals surface area contributed by atoms with Gasteiger partial charge in [-0.3, -0.25) is 9.69 Å². The zero-order valence-corrected chi connectivity index (χ0v) is 11.0. The first-order valence-electron chi connectivity index (χ1n) is 5.80. The van der Waals surface area contributed by atoms with Gasteiger partial charge in [-0.15, -0.1) is 0 Å². The third kappa shape index (κ3) is 2.10. The molecule has 16 heavy (non-hydrogen) atoms. The molecular weight excluding hydrogens is 272 g/mol. The van der Waals surface area contributed by atoms with Crippen LogP contribution >= 0.6 is 15.9 Å². The molecule has 3 amide bonds. The van der Waals surface area contributed by atoms with Crippen LogP contribution in [0.4, 0.5) is 4.79 Å². The second-order valence-corrected chi connectivity index (χ2v) is 5.41. The Morgan fingerprint density at radius 2 is 2.19 bits per heavy atom. The summed E-state index contributed by atoms with van der Waals surface area (Å²) in [4.78, 5) is 25.0. The highest BCUT2D eigenvalue weighted by atomic mass is 79.9. The molecule has 2 fully saturated rings. The van der Waals surface area contributed by atoms with E-state index in [0.717, 1.165) is 31.0 Å². The molecule has 0 aromatic heterocycles. The third-order valence-corrected chi connectivity index (χ3v) is 4.61. The fraction of sp³-hybridized carbons (Fsp3) is 0.818. The Morgan fingerprint density at radius 3 is 2.69 bits per heavy atom. The van der Waals surface area contributed by atoms with Gasteiger partial charge in [0.2, 0.25) is 0 Å². The topological polar surface area (TPSA) is 49.4 Å². The summed E-state index contributed by atoms with van der Waals surface area (Å²) in [7, 11) is 0. The van der Waals surface area contributed by atoms with Gasteiger partial charge in [-0.1, -0.05) is 29.3 Å². The predicted molar refractivity (Wildman–Crippen MR) is 64.4 cm³/mol. The van der Waals surface area contributed by atoms with E-state index in [1.165, 1.54) is 4.90 Å². The lowest BCUT2D eigenvalue weighted by Gasteiger charge is -2.19. The summed E-state index contributed by atoms with van der Waals surface area (Å²) < 4.78 is 0. The predicted octanol–water partition coefficient (Wildman–Crippen LogP) is 1.88. The van der Waals surface area contributed by atoms with Gasteiger partial charge in [-0.2, -0.15) is 0 Å². The first kappa shape index (κ1) is 11.9. The van der Waals surface area contributed by atoms with Gasteiger partial charge in [0.15, 0.2) is 0 Å². The maximum Gasteiger partial charge on any atom is 0.324 e. The fourth-order valence-electron chi connectivity index (χ4n) is 2.06. The second-order valence-electron chi connectivity index (χ2n) is 4.85. The van der Waals surface area contributed by atoms with Gasteiger partial charge in [-0.05, 0) is 24.7 Å². The Hall–Kier alpha value is -0.580. The number of hydrogen-bond donors (Lipinski definition) is 1. The van der Waals surface area contributed by atoms with E-state index in [4.69, 9.17) is 0 Å². The number of carbonyl (C=O) groups excluding carboxylic acids is 2. The lowest BCUT2D eigenvalue weighted by molar-refractivity contribution is -0.128. The summed E-state index contributed by atoms with van der Waals surface area (Å²) in [5.41, 5.74) is 0.161. The van der Waals surface area contributed by atoms with E-state index >= 15 is 0 Å². The molecule has 1 saturated heterocycles. The number of imide groups is 1. The number of urea groups is 1. The number of alkyl halides is 1. The molecule has 90 valence electrons. The molecule has 2 rings (SSSR count). The third-order valence-electron chi connectivity index (χ3n) is 3.42. The first-order chi connectivity index (χ1) is 7.62. The molecule has 1 atom stereocenters. The number of hydrogen-bond acceptors (Lipinski definition) is 2. The Bertz CT molecular complexity index is 315. The van der Waals surface area contributed by atoms with Gasteiger partial charge in [0.1, 0.15) is 6.04 Å². The molecule has 0 spiro atoms. The number of amides is 3. The van der Waals surface area contributed by atoms with Gasteiger partial charge in [-0.25, -0.2) is 4.79 Å². The first-order valence-corrected chi connectivity index (χ1v) is 6.92. The maximum absolute atomic E-state index is 12.0. The van der Waals surface area contributed by atoms with E-state index in [2.05, 4.69) is 21.2 Å². The van der Waals surface area contributed by atoms with Crippen LogP contribution in [-0.4, -0.2) is 34.8 Å². The van der Waals surface area contributed by atoms with Crippen molar-refractivity contribution >= 4 is 27.9 Å². The van der Waals surface area contributed by atoms with Crippen molar-refractivity contribution in [3.63, 3.8) is 0 Å². The van der Waals surface area contributed by atoms with E-state index in [1.54, 1.807) is 0 Å². The lowest BCUT2D eigenvalue weighted by Crippen LogP contribution is -2.37. The van der Waals surface area contributed by atoms with Gasteiger partial charge in [0.05, 0.1) is 0 Å². The SMILES string of the molecule is CCCC1NC(=O)N(CC2(CBr)CC2)C1=O. The summed E-state index contributed by atoms with van der Waals surface area (Å²) in [5, 5.41) is 3.62. The van der Waals surface area contributed by atoms with Crippen molar-refractivity contribution in [2.45, 2.75) is 38.6 Å². The van der Waals surface area contributed by atoms with Crippen LogP contribution < -0.4 is 5.32 Å². The van der Waals surface area contributed by atoms with Crippen LogP contribution in [0.3, 0.4) is 0 Å². The summed E-state index contributed by atoms with van der Waals surface area (Å²) >= 11 is 3.46. The van der Waals surface area contributed by atoms with Crippen molar-refractivity contribution in [1.82, 2.24) is 10.2 Å². The minimum atomic E-state index is -0.288. The Kier molecular flexibility index (Phi) is 3.24. The van der Waals surface area contributed by atoms with Crippen molar-refractivity contribution in [3.05, 3.63) is 0 Å². The molecule has 1 saturated carbocycles. The number of rotatable bonds is 5. The van der Waals surface area contributed by atoms with Crippen LogP contribution in [0.25, 0.3) is 0 Å². The van der Waals surface area contributed by atoms with Gasteiger partial charge in [0.25, 0.3) is 5.91 Å². The monoisotopic (exact) mass is 288 g/mol. The van der Waals surface area contributed by atoms with Crippen molar-refractivity contribution in [2.75, 3.05) is 11.9 Å². The van der Waals surface area contributed by atoms with Gasteiger partial charge >= 0.3 is 6.03 Å². The Labute approximate surface area is 104 Å². The molecule has 1 aliphatic heterocycles. The standard InChI is InChI=1S/C11H17BrN2O2/c1-2-3-8-9(15)14(10(16)13-8)7-11(6-12)4-5-11/h8H,2-7H2,1H3,(H,13,16).